The van der Waals surface area contributed by atoms with Crippen LogP contribution in [0.15, 0.2) is 77.5 Å². The van der Waals surface area contributed by atoms with Gasteiger partial charge < -0.3 is 51.0 Å². The van der Waals surface area contributed by atoms with Crippen LogP contribution in [-0.4, -0.2) is 119 Å². The van der Waals surface area contributed by atoms with Crippen LogP contribution in [0.1, 0.15) is 89.6 Å². The Bertz CT molecular complexity index is 3580. The number of carbonyl (C=O) groups excluding carboxylic acids is 7. The van der Waals surface area contributed by atoms with Crippen LogP contribution in [-0.2, 0) is 84.5 Å². The summed E-state index contributed by atoms with van der Waals surface area (Å²) in [6.45, 7) is 4.65. The molecule has 2 aliphatic heterocycles. The predicted octanol–water partition coefficient (Wildman–Crippen LogP) is 0.767. The lowest BCUT2D eigenvalue weighted by molar-refractivity contribution is -0.172. The number of aliphatic hydroxyl groups is 1. The molecule has 6 amide bonds. The van der Waals surface area contributed by atoms with E-state index in [4.69, 9.17) is 14.5 Å². The number of hydrogen-bond acceptors (Lipinski definition) is 16. The van der Waals surface area contributed by atoms with Gasteiger partial charge in [-0.15, -0.1) is 0 Å². The molecule has 3 aliphatic rings. The van der Waals surface area contributed by atoms with E-state index in [1.165, 1.54) is 29.1 Å². The maximum Gasteiger partial charge on any atom is 0.343 e. The normalized spacial score (nSPS) is 16.5. The van der Waals surface area contributed by atoms with E-state index in [1.807, 2.05) is 0 Å². The highest BCUT2D eigenvalue weighted by molar-refractivity contribution is 7.90. The number of esters is 1. The summed E-state index contributed by atoms with van der Waals surface area (Å²) in [5, 5.41) is 27.1. The third kappa shape index (κ3) is 12.7. The summed E-state index contributed by atoms with van der Waals surface area (Å²) >= 11 is 0. The summed E-state index contributed by atoms with van der Waals surface area (Å²) in [7, 11) is -3.55. The molecule has 0 saturated heterocycles. The van der Waals surface area contributed by atoms with Gasteiger partial charge in [-0.3, -0.25) is 33.6 Å². The number of nitrogens with one attached hydrogen (secondary N) is 6. The molecule has 7 N–H and O–H groups in total. The zero-order valence-corrected chi connectivity index (χ0v) is 44.6. The van der Waals surface area contributed by atoms with Crippen molar-refractivity contribution in [2.45, 2.75) is 101 Å². The Balaban J connectivity index is 0.823. The molecule has 0 radical (unpaired) electrons. The second kappa shape index (κ2) is 24.5. The van der Waals surface area contributed by atoms with Gasteiger partial charge in [-0.1, -0.05) is 61.8 Å². The first kappa shape index (κ1) is 57.4. The van der Waals surface area contributed by atoms with E-state index >= 15 is 4.39 Å². The first-order valence-corrected chi connectivity index (χ1v) is 27.4. The molecule has 23 nitrogen and oxygen atoms in total. The van der Waals surface area contributed by atoms with Crippen LogP contribution in [0.2, 0.25) is 0 Å². The molecular weight excluding hydrogens is 1060 g/mol. The van der Waals surface area contributed by atoms with Gasteiger partial charge in [0, 0.05) is 60.5 Å². The van der Waals surface area contributed by atoms with Crippen molar-refractivity contribution in [1.29, 1.82) is 0 Å². The van der Waals surface area contributed by atoms with E-state index in [-0.39, 0.29) is 54.2 Å². The van der Waals surface area contributed by atoms with E-state index in [1.54, 1.807) is 50.2 Å². The molecule has 25 heteroatoms. The largest absolute Gasteiger partial charge is 0.458 e. The van der Waals surface area contributed by atoms with Crippen molar-refractivity contribution in [2.24, 2.45) is 0 Å². The first-order chi connectivity index (χ1) is 38.2. The summed E-state index contributed by atoms with van der Waals surface area (Å²) in [4.78, 5) is 117. The molecule has 3 aromatic heterocycles. The molecule has 8 rings (SSSR count). The highest BCUT2D eigenvalue weighted by Gasteiger charge is 2.46. The standard InChI is InChI=1S/C55H57FN10O13S/c1-5-42(51(72)65-38-18-17-33-30(3)37(56)21-39-47(33)48(38)34-27-66-41(49(34)64-39)20-36-35(52(66)73)28-78-53(74)55(36,75)6-2)79-29-62-45(69)25-59-50(71)40(19-31-13-9-7-10-14-31)63-46(70)26-58-44(68)24-57-43(67)16-12-8-11-15-32-22-60-54(61-23-32)80(4,76)77/h5,7,9-10,13-14,20-23,38,40,42,75H,1,6,8,12,16-19,24-29H2,2-4H3,(H,57,67)(H,58,68)(H,59,71)(H,62,69)(H,63,70)(H,65,72)/t38-,40-,42-,55-/m0/s1. The highest BCUT2D eigenvalue weighted by atomic mass is 32.2. The fraction of sp³-hybridized carbons (Fsp3) is 0.364. The zero-order valence-electron chi connectivity index (χ0n) is 43.8. The molecule has 0 spiro atoms. The molecule has 418 valence electrons. The summed E-state index contributed by atoms with van der Waals surface area (Å²) in [6, 6.07) is 9.68. The Hall–Kier alpha value is -8.73. The minimum Gasteiger partial charge on any atom is -0.458 e. The number of nitrogens with zero attached hydrogens (tertiary/aromatic N) is 4. The highest BCUT2D eigenvalue weighted by Crippen LogP contribution is 2.46. The Morgan fingerprint density at radius 3 is 2.38 bits per heavy atom. The Morgan fingerprint density at radius 2 is 1.66 bits per heavy atom. The van der Waals surface area contributed by atoms with Crippen LogP contribution in [0.3, 0.4) is 0 Å². The number of aromatic nitrogens is 4. The van der Waals surface area contributed by atoms with Crippen molar-refractivity contribution in [3.8, 4) is 23.2 Å². The van der Waals surface area contributed by atoms with Gasteiger partial charge >= 0.3 is 5.97 Å². The van der Waals surface area contributed by atoms with Crippen LogP contribution < -0.4 is 37.5 Å². The minimum absolute atomic E-state index is 0.0159. The average molecular weight is 1120 g/mol. The fourth-order valence-corrected chi connectivity index (χ4v) is 10.1. The van der Waals surface area contributed by atoms with Crippen LogP contribution in [0.5, 0.6) is 0 Å². The van der Waals surface area contributed by atoms with Gasteiger partial charge in [0.25, 0.3) is 11.5 Å². The number of cyclic esters (lactones) is 1. The number of ether oxygens (including phenoxy) is 2. The van der Waals surface area contributed by atoms with Gasteiger partial charge in [0.15, 0.2) is 11.7 Å². The predicted molar refractivity (Wildman–Crippen MR) is 283 cm³/mol. The number of rotatable bonds is 21. The fourth-order valence-electron chi connectivity index (χ4n) is 9.66. The summed E-state index contributed by atoms with van der Waals surface area (Å²) in [5.41, 5.74) is 2.00. The van der Waals surface area contributed by atoms with E-state index in [9.17, 15) is 51.9 Å². The van der Waals surface area contributed by atoms with Crippen molar-refractivity contribution < 1.29 is 61.0 Å². The van der Waals surface area contributed by atoms with Crippen LogP contribution in [0.4, 0.5) is 4.39 Å². The van der Waals surface area contributed by atoms with Crippen molar-refractivity contribution >= 4 is 62.2 Å². The van der Waals surface area contributed by atoms with Crippen molar-refractivity contribution in [3.05, 3.63) is 128 Å². The lowest BCUT2D eigenvalue weighted by Crippen LogP contribution is -2.52. The molecular formula is C55H57FN10O13S. The van der Waals surface area contributed by atoms with Gasteiger partial charge in [-0.05, 0) is 60.9 Å². The molecule has 0 fully saturated rings. The molecule has 0 bridgehead atoms. The van der Waals surface area contributed by atoms with Gasteiger partial charge in [-0.2, -0.15) is 0 Å². The third-order valence-corrected chi connectivity index (χ3v) is 14.7. The number of amides is 6. The quantitative estimate of drug-likeness (QED) is 0.0131. The number of fused-ring (bicyclic) bond motifs is 5. The number of unbranched alkanes of at least 4 members (excludes halogenated alkanes) is 1. The molecule has 5 heterocycles. The van der Waals surface area contributed by atoms with Crippen LogP contribution >= 0.6 is 0 Å². The second-order valence-corrected chi connectivity index (χ2v) is 21.2. The summed E-state index contributed by atoms with van der Waals surface area (Å²) in [6.07, 6.45) is 4.83. The molecule has 2 aromatic carbocycles. The number of carbonyl (C=O) groups is 7. The number of aryl methyl sites for hydroxylation is 1. The smallest absolute Gasteiger partial charge is 0.343 e. The Kier molecular flexibility index (Phi) is 17.6. The Morgan fingerprint density at radius 1 is 0.963 bits per heavy atom. The molecule has 0 saturated carbocycles. The number of hydrogen-bond donors (Lipinski definition) is 7. The summed E-state index contributed by atoms with van der Waals surface area (Å²) in [5.74, 6) is 0.323. The van der Waals surface area contributed by atoms with Crippen LogP contribution in [0, 0.1) is 24.6 Å². The molecule has 1 aliphatic carbocycles. The number of benzene rings is 2. The average Bonchev–Trinajstić information content (AvgIpc) is 4.04. The molecule has 4 atom stereocenters. The lowest BCUT2D eigenvalue weighted by atomic mass is 9.81. The molecule has 5 aromatic rings. The maximum absolute atomic E-state index is 15.5. The summed E-state index contributed by atoms with van der Waals surface area (Å²) < 4.78 is 50.9. The molecule has 0 unspecified atom stereocenters. The lowest BCUT2D eigenvalue weighted by Gasteiger charge is -2.31. The van der Waals surface area contributed by atoms with Gasteiger partial charge in [-0.25, -0.2) is 32.6 Å². The monoisotopic (exact) mass is 1120 g/mol. The topological polar surface area (TPSA) is 325 Å². The number of sulfone groups is 1. The van der Waals surface area contributed by atoms with E-state index in [0.29, 0.717) is 75.8 Å². The van der Waals surface area contributed by atoms with Crippen molar-refractivity contribution in [2.75, 3.05) is 32.6 Å². The Labute approximate surface area is 457 Å². The van der Waals surface area contributed by atoms with Crippen molar-refractivity contribution in [3.63, 3.8) is 0 Å². The maximum atomic E-state index is 15.5. The van der Waals surface area contributed by atoms with Gasteiger partial charge in [0.1, 0.15) is 25.2 Å². The second-order valence-electron chi connectivity index (χ2n) is 19.2. The van der Waals surface area contributed by atoms with Gasteiger partial charge in [0.05, 0.1) is 60.3 Å². The SMILES string of the molecule is C=C[C@H](OCNC(=O)CNC(=O)[C@H](Cc1ccccc1)NC(=O)CNC(=O)CNC(=O)CCCC#Cc1cnc(S(C)(=O)=O)nc1)C(=O)N[C@H]1CCc2c(C)c(F)cc3nc4c(c1c23)Cn1c-4cc2c(c1=O)COC(=O)[C@]2(O)CC. The number of pyridine rings is 2. The zero-order chi connectivity index (χ0) is 57.5. The first-order valence-electron chi connectivity index (χ1n) is 25.5. The van der Waals surface area contributed by atoms with E-state index in [0.717, 1.165) is 6.26 Å². The minimum atomic E-state index is -3.55. The van der Waals surface area contributed by atoms with Crippen molar-refractivity contribution in [1.82, 2.24) is 51.4 Å². The van der Waals surface area contributed by atoms with Crippen LogP contribution in [0.25, 0.3) is 22.3 Å². The van der Waals surface area contributed by atoms with E-state index in [2.05, 4.69) is 60.3 Å². The van der Waals surface area contributed by atoms with E-state index < -0.39 is 113 Å². The third-order valence-electron chi connectivity index (χ3n) is 13.8. The van der Waals surface area contributed by atoms with Gasteiger partial charge in [0.2, 0.25) is 44.5 Å². The molecule has 80 heavy (non-hydrogen) atoms. The number of halogens is 1.